The number of hydrogen-bond donors (Lipinski definition) is 0. The highest BCUT2D eigenvalue weighted by Gasteiger charge is 2.02. The van der Waals surface area contributed by atoms with Crippen LogP contribution in [0, 0.1) is 0 Å². The standard InChI is InChI=1S/C12H7BrN2/c13-11-6-4-8-3-5-10-9(12(8)15-11)2-1-7-14-10/h1-7H. The van der Waals surface area contributed by atoms with Crippen molar-refractivity contribution in [1.29, 1.82) is 0 Å². The molecule has 0 unspecified atom stereocenters. The van der Waals surface area contributed by atoms with Gasteiger partial charge in [-0.1, -0.05) is 12.1 Å². The third-order valence-electron chi connectivity index (χ3n) is 2.41. The van der Waals surface area contributed by atoms with E-state index < -0.39 is 0 Å². The van der Waals surface area contributed by atoms with E-state index >= 15 is 0 Å². The Morgan fingerprint density at radius 3 is 2.80 bits per heavy atom. The van der Waals surface area contributed by atoms with Gasteiger partial charge in [0.05, 0.1) is 11.0 Å². The van der Waals surface area contributed by atoms with Crippen LogP contribution in [-0.4, -0.2) is 9.97 Å². The van der Waals surface area contributed by atoms with E-state index in [4.69, 9.17) is 0 Å². The molecular formula is C12H7BrN2. The van der Waals surface area contributed by atoms with Gasteiger partial charge in [0.2, 0.25) is 0 Å². The highest BCUT2D eigenvalue weighted by atomic mass is 79.9. The lowest BCUT2D eigenvalue weighted by Crippen LogP contribution is -1.84. The summed E-state index contributed by atoms with van der Waals surface area (Å²) < 4.78 is 0.853. The van der Waals surface area contributed by atoms with E-state index in [1.165, 1.54) is 0 Å². The molecule has 0 saturated heterocycles. The van der Waals surface area contributed by atoms with Crippen LogP contribution in [-0.2, 0) is 0 Å². The lowest BCUT2D eigenvalue weighted by atomic mass is 10.1. The average molecular weight is 259 g/mol. The normalized spacial score (nSPS) is 11.0. The first-order valence-electron chi connectivity index (χ1n) is 4.64. The Morgan fingerprint density at radius 1 is 1.00 bits per heavy atom. The largest absolute Gasteiger partial charge is 0.256 e. The van der Waals surface area contributed by atoms with Gasteiger partial charge in [-0.25, -0.2) is 4.98 Å². The van der Waals surface area contributed by atoms with Crippen LogP contribution in [0.4, 0.5) is 0 Å². The Kier molecular flexibility index (Phi) is 1.92. The maximum absolute atomic E-state index is 4.48. The minimum absolute atomic E-state index is 0.853. The van der Waals surface area contributed by atoms with Crippen molar-refractivity contribution in [1.82, 2.24) is 9.97 Å². The van der Waals surface area contributed by atoms with Crippen molar-refractivity contribution in [3.63, 3.8) is 0 Å². The summed E-state index contributed by atoms with van der Waals surface area (Å²) in [6.07, 6.45) is 1.80. The lowest BCUT2D eigenvalue weighted by Gasteiger charge is -2.02. The molecule has 3 aromatic rings. The second-order valence-corrected chi connectivity index (χ2v) is 4.15. The number of nitrogens with zero attached hydrogens (tertiary/aromatic N) is 2. The van der Waals surface area contributed by atoms with E-state index in [2.05, 4.69) is 32.0 Å². The summed E-state index contributed by atoms with van der Waals surface area (Å²) in [5, 5.41) is 2.23. The molecule has 2 aromatic heterocycles. The molecule has 2 nitrogen and oxygen atoms in total. The van der Waals surface area contributed by atoms with Crippen LogP contribution >= 0.6 is 15.9 Å². The lowest BCUT2D eigenvalue weighted by molar-refractivity contribution is 1.35. The minimum Gasteiger partial charge on any atom is -0.256 e. The maximum Gasteiger partial charge on any atom is 0.106 e. The fourth-order valence-electron chi connectivity index (χ4n) is 1.72. The van der Waals surface area contributed by atoms with Gasteiger partial charge in [0.1, 0.15) is 4.60 Å². The molecule has 72 valence electrons. The molecule has 15 heavy (non-hydrogen) atoms. The van der Waals surface area contributed by atoms with Crippen molar-refractivity contribution in [2.45, 2.75) is 0 Å². The van der Waals surface area contributed by atoms with E-state index in [0.29, 0.717) is 0 Å². The van der Waals surface area contributed by atoms with Gasteiger partial charge < -0.3 is 0 Å². The molecule has 0 radical (unpaired) electrons. The van der Waals surface area contributed by atoms with Gasteiger partial charge in [-0.05, 0) is 40.2 Å². The first kappa shape index (κ1) is 8.80. The van der Waals surface area contributed by atoms with E-state index in [0.717, 1.165) is 26.4 Å². The van der Waals surface area contributed by atoms with Gasteiger partial charge in [0.25, 0.3) is 0 Å². The van der Waals surface area contributed by atoms with Crippen LogP contribution in [0.2, 0.25) is 0 Å². The molecule has 3 heteroatoms. The summed E-state index contributed by atoms with van der Waals surface area (Å²) in [4.78, 5) is 8.79. The third kappa shape index (κ3) is 1.39. The van der Waals surface area contributed by atoms with Gasteiger partial charge in [0.15, 0.2) is 0 Å². The fourth-order valence-corrected chi connectivity index (χ4v) is 2.03. The summed E-state index contributed by atoms with van der Waals surface area (Å²) in [6.45, 7) is 0. The predicted molar refractivity (Wildman–Crippen MR) is 64.7 cm³/mol. The van der Waals surface area contributed by atoms with Crippen molar-refractivity contribution < 1.29 is 0 Å². The maximum atomic E-state index is 4.48. The first-order valence-corrected chi connectivity index (χ1v) is 5.44. The molecule has 0 N–H and O–H groups in total. The second kappa shape index (κ2) is 3.28. The monoisotopic (exact) mass is 258 g/mol. The van der Waals surface area contributed by atoms with Gasteiger partial charge in [-0.3, -0.25) is 4.98 Å². The van der Waals surface area contributed by atoms with E-state index in [-0.39, 0.29) is 0 Å². The zero-order valence-electron chi connectivity index (χ0n) is 7.81. The molecule has 0 aliphatic carbocycles. The SMILES string of the molecule is Brc1ccc2ccc3ncccc3c2n1. The van der Waals surface area contributed by atoms with Crippen molar-refractivity contribution in [3.8, 4) is 0 Å². The summed E-state index contributed by atoms with van der Waals surface area (Å²) >= 11 is 3.39. The molecule has 2 heterocycles. The Morgan fingerprint density at radius 2 is 1.87 bits per heavy atom. The Hall–Kier alpha value is -1.48. The van der Waals surface area contributed by atoms with Crippen LogP contribution in [0.15, 0.2) is 47.2 Å². The quantitative estimate of drug-likeness (QED) is 0.455. The highest BCUT2D eigenvalue weighted by Crippen LogP contribution is 2.23. The summed E-state index contributed by atoms with van der Waals surface area (Å²) in [5.41, 5.74) is 1.98. The molecule has 0 bridgehead atoms. The molecule has 0 spiro atoms. The van der Waals surface area contributed by atoms with Gasteiger partial charge >= 0.3 is 0 Å². The van der Waals surface area contributed by atoms with Crippen molar-refractivity contribution in [2.24, 2.45) is 0 Å². The number of halogens is 1. The molecule has 0 aliphatic heterocycles. The summed E-state index contributed by atoms with van der Waals surface area (Å²) in [5.74, 6) is 0. The number of aromatic nitrogens is 2. The first-order chi connectivity index (χ1) is 7.34. The Labute approximate surface area is 95.1 Å². The molecule has 0 amide bonds. The summed E-state index contributed by atoms with van der Waals surface area (Å²) in [7, 11) is 0. The van der Waals surface area contributed by atoms with Crippen LogP contribution in [0.3, 0.4) is 0 Å². The van der Waals surface area contributed by atoms with Crippen LogP contribution in [0.5, 0.6) is 0 Å². The molecule has 0 fully saturated rings. The number of benzene rings is 1. The van der Waals surface area contributed by atoms with Gasteiger partial charge in [0, 0.05) is 17.0 Å². The molecule has 0 atom stereocenters. The minimum atomic E-state index is 0.853. The topological polar surface area (TPSA) is 25.8 Å². The van der Waals surface area contributed by atoms with E-state index in [9.17, 15) is 0 Å². The average Bonchev–Trinajstić information content (AvgIpc) is 2.29. The van der Waals surface area contributed by atoms with E-state index in [1.807, 2.05) is 30.3 Å². The molecule has 3 rings (SSSR count). The number of fused-ring (bicyclic) bond motifs is 3. The molecular weight excluding hydrogens is 252 g/mol. The summed E-state index contributed by atoms with van der Waals surface area (Å²) in [6, 6.07) is 12.1. The van der Waals surface area contributed by atoms with Crippen molar-refractivity contribution >= 4 is 37.7 Å². The predicted octanol–water partition coefficient (Wildman–Crippen LogP) is 3.55. The zero-order valence-corrected chi connectivity index (χ0v) is 9.40. The third-order valence-corrected chi connectivity index (χ3v) is 2.85. The van der Waals surface area contributed by atoms with Gasteiger partial charge in [-0.15, -0.1) is 0 Å². The van der Waals surface area contributed by atoms with Crippen molar-refractivity contribution in [3.05, 3.63) is 47.2 Å². The van der Waals surface area contributed by atoms with E-state index in [1.54, 1.807) is 6.20 Å². The zero-order chi connectivity index (χ0) is 10.3. The van der Waals surface area contributed by atoms with Crippen LogP contribution < -0.4 is 0 Å². The van der Waals surface area contributed by atoms with Crippen molar-refractivity contribution in [2.75, 3.05) is 0 Å². The van der Waals surface area contributed by atoms with Crippen LogP contribution in [0.25, 0.3) is 21.8 Å². The molecule has 0 aliphatic rings. The van der Waals surface area contributed by atoms with Crippen LogP contribution in [0.1, 0.15) is 0 Å². The molecule has 0 saturated carbocycles. The number of rotatable bonds is 0. The second-order valence-electron chi connectivity index (χ2n) is 3.34. The molecule has 1 aromatic carbocycles. The number of hydrogen-bond acceptors (Lipinski definition) is 2. The Bertz CT molecular complexity index is 649. The smallest absolute Gasteiger partial charge is 0.106 e. The highest BCUT2D eigenvalue weighted by molar-refractivity contribution is 9.10. The fraction of sp³-hybridized carbons (Fsp3) is 0. The number of pyridine rings is 2. The van der Waals surface area contributed by atoms with Gasteiger partial charge in [-0.2, -0.15) is 0 Å². The Balaban J connectivity index is 2.57.